The third kappa shape index (κ3) is 2.80. The first-order valence-corrected chi connectivity index (χ1v) is 9.54. The van der Waals surface area contributed by atoms with Crippen molar-refractivity contribution in [3.8, 4) is 0 Å². The summed E-state index contributed by atoms with van der Waals surface area (Å²) in [6.45, 7) is 2.16. The van der Waals surface area contributed by atoms with Gasteiger partial charge in [0.2, 0.25) is 0 Å². The fraction of sp³-hybridized carbons (Fsp3) is 0.286. The second kappa shape index (κ2) is 6.98. The summed E-state index contributed by atoms with van der Waals surface area (Å²) in [6.07, 6.45) is 5.38. The van der Waals surface area contributed by atoms with Gasteiger partial charge in [0, 0.05) is 5.92 Å². The second-order valence-electron chi connectivity index (χ2n) is 6.61. The van der Waals surface area contributed by atoms with Crippen LogP contribution in [0.3, 0.4) is 0 Å². The normalized spacial score (nSPS) is 23.1. The highest BCUT2D eigenvalue weighted by atomic mass is 35.5. The van der Waals surface area contributed by atoms with Crippen molar-refractivity contribution >= 4 is 34.9 Å². The SMILES string of the molecule is CCOC(=O)c1cccc2c1N[C@H](c1cccc(Cl)c1Cl)[C@@H]1CC=C[C@H]21. The zero-order chi connectivity index (χ0) is 18.3. The number of hydrogen-bond donors (Lipinski definition) is 1. The number of esters is 1. The minimum atomic E-state index is -0.312. The molecule has 0 bridgehead atoms. The Balaban J connectivity index is 1.83. The maximum Gasteiger partial charge on any atom is 0.340 e. The number of benzene rings is 2. The Hall–Kier alpha value is -1.97. The van der Waals surface area contributed by atoms with Gasteiger partial charge < -0.3 is 10.1 Å². The molecule has 1 aliphatic heterocycles. The number of anilines is 1. The van der Waals surface area contributed by atoms with Gasteiger partial charge in [0.25, 0.3) is 0 Å². The topological polar surface area (TPSA) is 38.3 Å². The zero-order valence-corrected chi connectivity index (χ0v) is 15.8. The third-order valence-electron chi connectivity index (χ3n) is 5.21. The van der Waals surface area contributed by atoms with Crippen molar-refractivity contribution in [2.45, 2.75) is 25.3 Å². The maximum absolute atomic E-state index is 12.4. The fourth-order valence-corrected chi connectivity index (χ4v) is 4.49. The molecule has 4 rings (SSSR count). The van der Waals surface area contributed by atoms with Crippen molar-refractivity contribution in [1.82, 2.24) is 0 Å². The maximum atomic E-state index is 12.4. The van der Waals surface area contributed by atoms with Gasteiger partial charge in [-0.25, -0.2) is 4.79 Å². The van der Waals surface area contributed by atoms with Crippen LogP contribution in [0.2, 0.25) is 10.0 Å². The summed E-state index contributed by atoms with van der Waals surface area (Å²) in [6, 6.07) is 11.5. The van der Waals surface area contributed by atoms with Crippen molar-refractivity contribution in [2.24, 2.45) is 5.92 Å². The molecule has 5 heteroatoms. The van der Waals surface area contributed by atoms with E-state index in [1.54, 1.807) is 12.1 Å². The molecule has 0 aromatic heterocycles. The van der Waals surface area contributed by atoms with Gasteiger partial charge in [-0.15, -0.1) is 0 Å². The first-order valence-electron chi connectivity index (χ1n) is 8.79. The van der Waals surface area contributed by atoms with Crippen molar-refractivity contribution < 1.29 is 9.53 Å². The molecule has 2 aromatic carbocycles. The van der Waals surface area contributed by atoms with E-state index < -0.39 is 0 Å². The van der Waals surface area contributed by atoms with Gasteiger partial charge in [-0.3, -0.25) is 0 Å². The third-order valence-corrected chi connectivity index (χ3v) is 6.04. The van der Waals surface area contributed by atoms with Crippen LogP contribution in [0.4, 0.5) is 5.69 Å². The molecule has 0 saturated carbocycles. The molecule has 0 fully saturated rings. The van der Waals surface area contributed by atoms with Crippen molar-refractivity contribution in [3.05, 3.63) is 75.3 Å². The Labute approximate surface area is 163 Å². The Bertz CT molecular complexity index is 894. The van der Waals surface area contributed by atoms with Crippen LogP contribution >= 0.6 is 23.2 Å². The van der Waals surface area contributed by atoms with Crippen LogP contribution in [0.1, 0.15) is 46.8 Å². The van der Waals surface area contributed by atoms with Gasteiger partial charge in [-0.05, 0) is 42.5 Å². The lowest BCUT2D eigenvalue weighted by atomic mass is 9.76. The van der Waals surface area contributed by atoms with Gasteiger partial charge >= 0.3 is 5.97 Å². The van der Waals surface area contributed by atoms with Crippen LogP contribution in [0, 0.1) is 5.92 Å². The summed E-state index contributed by atoms with van der Waals surface area (Å²) >= 11 is 12.8. The molecule has 3 atom stereocenters. The molecule has 0 spiro atoms. The fourth-order valence-electron chi connectivity index (χ4n) is 4.07. The molecule has 0 unspecified atom stereocenters. The molecule has 1 N–H and O–H groups in total. The summed E-state index contributed by atoms with van der Waals surface area (Å²) in [5.74, 6) is 0.254. The molecule has 3 nitrogen and oxygen atoms in total. The van der Waals surface area contributed by atoms with E-state index >= 15 is 0 Å². The van der Waals surface area contributed by atoms with E-state index in [0.717, 1.165) is 23.2 Å². The Morgan fingerprint density at radius 2 is 1.96 bits per heavy atom. The van der Waals surface area contributed by atoms with Crippen molar-refractivity contribution in [3.63, 3.8) is 0 Å². The molecule has 0 saturated heterocycles. The first kappa shape index (κ1) is 17.4. The Kier molecular flexibility index (Phi) is 4.68. The summed E-state index contributed by atoms with van der Waals surface area (Å²) in [5.41, 5.74) is 3.48. The molecule has 0 radical (unpaired) electrons. The van der Waals surface area contributed by atoms with E-state index in [1.165, 1.54) is 0 Å². The van der Waals surface area contributed by atoms with Gasteiger partial charge in [-0.2, -0.15) is 0 Å². The van der Waals surface area contributed by atoms with E-state index in [-0.39, 0.29) is 17.9 Å². The van der Waals surface area contributed by atoms with Gasteiger partial charge in [0.15, 0.2) is 0 Å². The van der Waals surface area contributed by atoms with Gasteiger partial charge in [0.1, 0.15) is 0 Å². The van der Waals surface area contributed by atoms with Gasteiger partial charge in [-0.1, -0.05) is 59.6 Å². The predicted octanol–water partition coefficient (Wildman–Crippen LogP) is 6.00. The van der Waals surface area contributed by atoms with Gasteiger partial charge in [0.05, 0.1) is 33.9 Å². The first-order chi connectivity index (χ1) is 12.6. The second-order valence-corrected chi connectivity index (χ2v) is 7.39. The van der Waals surface area contributed by atoms with E-state index in [2.05, 4.69) is 23.5 Å². The number of carbonyl (C=O) groups is 1. The quantitative estimate of drug-likeness (QED) is 0.518. The van der Waals surface area contributed by atoms with Crippen LogP contribution in [0.25, 0.3) is 0 Å². The number of carbonyl (C=O) groups excluding carboxylic acids is 1. The molecule has 1 heterocycles. The highest BCUT2D eigenvalue weighted by Crippen LogP contribution is 2.52. The Morgan fingerprint density at radius 1 is 1.19 bits per heavy atom. The van der Waals surface area contributed by atoms with Crippen LogP contribution in [0.15, 0.2) is 48.6 Å². The molecule has 0 amide bonds. The number of halogens is 2. The van der Waals surface area contributed by atoms with Crippen LogP contribution in [-0.2, 0) is 4.74 Å². The predicted molar refractivity (Wildman–Crippen MR) is 105 cm³/mol. The number of rotatable bonds is 3. The van der Waals surface area contributed by atoms with Crippen LogP contribution in [-0.4, -0.2) is 12.6 Å². The van der Waals surface area contributed by atoms with Crippen LogP contribution in [0.5, 0.6) is 0 Å². The standard InChI is InChI=1S/C21H19Cl2NO2/c1-2-26-21(25)16-10-4-8-14-12-6-3-7-13(12)19(24-20(14)16)15-9-5-11-17(22)18(15)23/h3-6,8-13,19,24H,2,7H2,1H3/t12-,13+,19-/m0/s1. The Morgan fingerprint density at radius 3 is 2.77 bits per heavy atom. The summed E-state index contributed by atoms with van der Waals surface area (Å²) < 4.78 is 5.25. The number of nitrogens with one attached hydrogen (secondary N) is 1. The molecule has 134 valence electrons. The lowest BCUT2D eigenvalue weighted by Gasteiger charge is -2.38. The van der Waals surface area contributed by atoms with E-state index in [4.69, 9.17) is 27.9 Å². The molecule has 2 aromatic rings. The lowest BCUT2D eigenvalue weighted by Crippen LogP contribution is -2.30. The molecule has 2 aliphatic rings. The van der Waals surface area contributed by atoms with Crippen LogP contribution < -0.4 is 5.32 Å². The van der Waals surface area contributed by atoms with Crippen molar-refractivity contribution in [1.29, 1.82) is 0 Å². The number of hydrogen-bond acceptors (Lipinski definition) is 3. The highest BCUT2D eigenvalue weighted by molar-refractivity contribution is 6.42. The number of para-hydroxylation sites is 1. The molecule has 26 heavy (non-hydrogen) atoms. The minimum absolute atomic E-state index is 0.0238. The number of fused-ring (bicyclic) bond motifs is 3. The van der Waals surface area contributed by atoms with E-state index in [1.807, 2.05) is 25.1 Å². The highest BCUT2D eigenvalue weighted by Gasteiger charge is 2.40. The smallest absolute Gasteiger partial charge is 0.340 e. The molecule has 1 aliphatic carbocycles. The minimum Gasteiger partial charge on any atom is -0.462 e. The largest absolute Gasteiger partial charge is 0.462 e. The summed E-state index contributed by atoms with van der Waals surface area (Å²) in [4.78, 5) is 12.4. The van der Waals surface area contributed by atoms with E-state index in [9.17, 15) is 4.79 Å². The zero-order valence-electron chi connectivity index (χ0n) is 14.3. The number of ether oxygens (including phenoxy) is 1. The average Bonchev–Trinajstić information content (AvgIpc) is 3.13. The summed E-state index contributed by atoms with van der Waals surface area (Å²) in [7, 11) is 0. The van der Waals surface area contributed by atoms with Crippen molar-refractivity contribution in [2.75, 3.05) is 11.9 Å². The van der Waals surface area contributed by atoms with E-state index in [0.29, 0.717) is 28.1 Å². The molecular formula is C21H19Cl2NO2. The summed E-state index contributed by atoms with van der Waals surface area (Å²) in [5, 5.41) is 4.68. The average molecular weight is 388 g/mol. The number of allylic oxidation sites excluding steroid dienone is 2. The monoisotopic (exact) mass is 387 g/mol. The lowest BCUT2D eigenvalue weighted by molar-refractivity contribution is 0.0527. The molecular weight excluding hydrogens is 369 g/mol.